The third-order valence-electron chi connectivity index (χ3n) is 6.56. The molecule has 8 nitrogen and oxygen atoms in total. The Morgan fingerprint density at radius 1 is 1.11 bits per heavy atom. The third kappa shape index (κ3) is 5.58. The lowest BCUT2D eigenvalue weighted by atomic mass is 9.87. The Morgan fingerprint density at radius 2 is 1.89 bits per heavy atom. The van der Waals surface area contributed by atoms with Crippen LogP contribution in [0.4, 0.5) is 4.79 Å². The highest BCUT2D eigenvalue weighted by Gasteiger charge is 2.48. The molecule has 0 aromatic heterocycles. The molecule has 186 valence electrons. The largest absolute Gasteiger partial charge is 0.497 e. The van der Waals surface area contributed by atoms with Gasteiger partial charge in [0.25, 0.3) is 0 Å². The normalized spacial score (nSPS) is 18.9. The first-order valence-corrected chi connectivity index (χ1v) is 11.9. The first kappa shape index (κ1) is 24.6. The van der Waals surface area contributed by atoms with E-state index in [4.69, 9.17) is 9.84 Å². The number of carbonyl (C=O) groups is 3. The van der Waals surface area contributed by atoms with Crippen LogP contribution in [-0.2, 0) is 29.1 Å². The lowest BCUT2D eigenvalue weighted by molar-refractivity contribution is -0.140. The van der Waals surface area contributed by atoms with Gasteiger partial charge >= 0.3 is 12.0 Å². The maximum Gasteiger partial charge on any atom is 0.318 e. The second-order valence-electron chi connectivity index (χ2n) is 10.3. The summed E-state index contributed by atoms with van der Waals surface area (Å²) >= 11 is 0. The molecule has 2 aromatic carbocycles. The van der Waals surface area contributed by atoms with Crippen molar-refractivity contribution in [2.75, 3.05) is 13.7 Å². The van der Waals surface area contributed by atoms with Crippen molar-refractivity contribution in [3.05, 3.63) is 53.1 Å². The average molecular weight is 480 g/mol. The monoisotopic (exact) mass is 479 g/mol. The number of fused-ring (bicyclic) bond motifs is 1. The van der Waals surface area contributed by atoms with Crippen LogP contribution in [0.15, 0.2) is 36.4 Å². The van der Waals surface area contributed by atoms with Gasteiger partial charge in [-0.25, -0.2) is 4.79 Å². The molecule has 1 unspecified atom stereocenters. The van der Waals surface area contributed by atoms with Gasteiger partial charge in [0.1, 0.15) is 5.75 Å². The topological polar surface area (TPSA) is 108 Å². The average Bonchev–Trinajstić information content (AvgIpc) is 3.62. The zero-order chi connectivity index (χ0) is 25.3. The summed E-state index contributed by atoms with van der Waals surface area (Å²) in [5.74, 6) is -1.44. The summed E-state index contributed by atoms with van der Waals surface area (Å²) in [6, 6.07) is 11.8. The molecule has 3 amide bonds. The number of carboxylic acid groups (broad SMARTS) is 1. The molecule has 0 saturated heterocycles. The smallest absolute Gasteiger partial charge is 0.318 e. The predicted octanol–water partition coefficient (Wildman–Crippen LogP) is 3.57. The van der Waals surface area contributed by atoms with Crippen LogP contribution >= 0.6 is 0 Å². The molecule has 1 heterocycles. The molecule has 0 radical (unpaired) electrons. The van der Waals surface area contributed by atoms with Crippen LogP contribution in [0.1, 0.15) is 43.9 Å². The van der Waals surface area contributed by atoms with Gasteiger partial charge in [0.2, 0.25) is 5.91 Å². The number of ether oxygens (including phenoxy) is 1. The van der Waals surface area contributed by atoms with Gasteiger partial charge in [0, 0.05) is 25.2 Å². The first-order valence-electron chi connectivity index (χ1n) is 11.9. The number of hydrogen-bond acceptors (Lipinski definition) is 4. The maximum absolute atomic E-state index is 12.9. The molecule has 1 aliphatic heterocycles. The van der Waals surface area contributed by atoms with Crippen molar-refractivity contribution in [1.29, 1.82) is 0 Å². The number of methoxy groups -OCH3 is 1. The van der Waals surface area contributed by atoms with Gasteiger partial charge in [0.15, 0.2) is 0 Å². The highest BCUT2D eigenvalue weighted by molar-refractivity contribution is 5.89. The second kappa shape index (κ2) is 9.60. The van der Waals surface area contributed by atoms with Crippen LogP contribution in [0.25, 0.3) is 11.1 Å². The Labute approximate surface area is 205 Å². The molecule has 1 fully saturated rings. The highest BCUT2D eigenvalue weighted by atomic mass is 16.5. The number of rotatable bonds is 6. The lowest BCUT2D eigenvalue weighted by Gasteiger charge is -2.34. The van der Waals surface area contributed by atoms with Crippen LogP contribution in [0, 0.1) is 11.8 Å². The van der Waals surface area contributed by atoms with Crippen molar-refractivity contribution in [3.63, 3.8) is 0 Å². The lowest BCUT2D eigenvalue weighted by Crippen LogP contribution is -2.50. The summed E-state index contributed by atoms with van der Waals surface area (Å²) in [6.07, 6.45) is 1.07. The van der Waals surface area contributed by atoms with Crippen molar-refractivity contribution in [2.24, 2.45) is 11.8 Å². The number of amides is 3. The molecule has 1 aliphatic carbocycles. The van der Waals surface area contributed by atoms with Gasteiger partial charge in [-0.15, -0.1) is 0 Å². The van der Waals surface area contributed by atoms with Crippen molar-refractivity contribution in [2.45, 2.75) is 52.2 Å². The first-order chi connectivity index (χ1) is 16.6. The molecule has 35 heavy (non-hydrogen) atoms. The number of carboxylic acids is 1. The highest BCUT2D eigenvalue weighted by Crippen LogP contribution is 2.39. The second-order valence-corrected chi connectivity index (χ2v) is 10.3. The minimum Gasteiger partial charge on any atom is -0.497 e. The minimum atomic E-state index is -0.925. The van der Waals surface area contributed by atoms with E-state index in [0.29, 0.717) is 25.9 Å². The predicted molar refractivity (Wildman–Crippen MR) is 132 cm³/mol. The standard InChI is InChI=1S/C27H33N3O5/c1-27(2,3)29-26(34)30-11-10-20-19(16-6-5-7-18(12-16)35-4)9-8-17(23(20)15-30)14-28-24(31)21-13-22(21)25(32)33/h5-9,12,21-22H,10-11,13-15H2,1-4H3,(H,28,31)(H,29,34)(H,32,33)/t21-,22?/m0/s1. The van der Waals surface area contributed by atoms with E-state index in [9.17, 15) is 14.4 Å². The van der Waals surface area contributed by atoms with E-state index >= 15 is 0 Å². The van der Waals surface area contributed by atoms with Gasteiger partial charge in [-0.2, -0.15) is 0 Å². The van der Waals surface area contributed by atoms with Crippen molar-refractivity contribution >= 4 is 17.9 Å². The van der Waals surface area contributed by atoms with E-state index in [1.807, 2.05) is 51.1 Å². The number of nitrogens with zero attached hydrogens (tertiary/aromatic N) is 1. The third-order valence-corrected chi connectivity index (χ3v) is 6.56. The Balaban J connectivity index is 1.62. The molecular weight excluding hydrogens is 446 g/mol. The van der Waals surface area contributed by atoms with Crippen LogP contribution in [-0.4, -0.2) is 47.1 Å². The fourth-order valence-corrected chi connectivity index (χ4v) is 4.61. The molecular formula is C27H33N3O5. The van der Waals surface area contributed by atoms with Gasteiger partial charge in [-0.1, -0.05) is 24.3 Å². The fraction of sp³-hybridized carbons (Fsp3) is 0.444. The Morgan fingerprint density at radius 3 is 2.54 bits per heavy atom. The number of aliphatic carboxylic acids is 1. The van der Waals surface area contributed by atoms with Gasteiger partial charge in [-0.05, 0) is 73.6 Å². The van der Waals surface area contributed by atoms with Crippen molar-refractivity contribution < 1.29 is 24.2 Å². The summed E-state index contributed by atoms with van der Waals surface area (Å²) < 4.78 is 5.41. The van der Waals surface area contributed by atoms with E-state index in [2.05, 4.69) is 16.7 Å². The maximum atomic E-state index is 12.9. The Kier molecular flexibility index (Phi) is 6.74. The summed E-state index contributed by atoms with van der Waals surface area (Å²) in [5, 5.41) is 15.1. The molecule has 2 aromatic rings. The molecule has 0 spiro atoms. The van der Waals surface area contributed by atoms with Crippen LogP contribution in [0.2, 0.25) is 0 Å². The number of benzene rings is 2. The molecule has 1 saturated carbocycles. The van der Waals surface area contributed by atoms with Gasteiger partial charge in [-0.3, -0.25) is 9.59 Å². The van der Waals surface area contributed by atoms with Crippen LogP contribution in [0.5, 0.6) is 5.75 Å². The SMILES string of the molecule is COc1cccc(-c2ccc(CNC(=O)[C@H]3CC3C(=O)O)c3c2CCN(C(=O)NC(C)(C)C)C3)c1. The fourth-order valence-electron chi connectivity index (χ4n) is 4.61. The van der Waals surface area contributed by atoms with E-state index in [1.165, 1.54) is 0 Å². The molecule has 0 bridgehead atoms. The molecule has 2 aliphatic rings. The zero-order valence-corrected chi connectivity index (χ0v) is 20.7. The summed E-state index contributed by atoms with van der Waals surface area (Å²) in [4.78, 5) is 38.3. The quantitative estimate of drug-likeness (QED) is 0.587. The summed E-state index contributed by atoms with van der Waals surface area (Å²) in [7, 11) is 1.64. The number of urea groups is 1. The van der Waals surface area contributed by atoms with Crippen molar-refractivity contribution in [3.8, 4) is 16.9 Å². The van der Waals surface area contributed by atoms with E-state index in [1.54, 1.807) is 12.0 Å². The molecule has 4 rings (SSSR count). The molecule has 8 heteroatoms. The number of nitrogens with one attached hydrogen (secondary N) is 2. The zero-order valence-electron chi connectivity index (χ0n) is 20.7. The van der Waals surface area contributed by atoms with E-state index in [0.717, 1.165) is 33.6 Å². The van der Waals surface area contributed by atoms with E-state index < -0.39 is 17.8 Å². The molecule has 2 atom stereocenters. The van der Waals surface area contributed by atoms with Crippen molar-refractivity contribution in [1.82, 2.24) is 15.5 Å². The van der Waals surface area contributed by atoms with E-state index in [-0.39, 0.29) is 24.0 Å². The van der Waals surface area contributed by atoms with Crippen LogP contribution < -0.4 is 15.4 Å². The Bertz CT molecular complexity index is 1150. The Hall–Kier alpha value is -3.55. The van der Waals surface area contributed by atoms with Gasteiger partial charge < -0.3 is 25.4 Å². The van der Waals surface area contributed by atoms with Gasteiger partial charge in [0.05, 0.1) is 18.9 Å². The minimum absolute atomic E-state index is 0.118. The summed E-state index contributed by atoms with van der Waals surface area (Å²) in [5.41, 5.74) is 4.87. The number of carbonyl (C=O) groups excluding carboxylic acids is 2. The summed E-state index contributed by atoms with van der Waals surface area (Å²) in [6.45, 7) is 7.16. The number of hydrogen-bond donors (Lipinski definition) is 3. The van der Waals surface area contributed by atoms with Crippen LogP contribution in [0.3, 0.4) is 0 Å². The molecule has 3 N–H and O–H groups in total.